The second kappa shape index (κ2) is 3.96. The number of hydrogen-bond acceptors (Lipinski definition) is 4. The molecule has 2 N–H and O–H groups in total. The minimum atomic E-state index is 0.351. The van der Waals surface area contributed by atoms with Crippen molar-refractivity contribution in [2.24, 2.45) is 0 Å². The van der Waals surface area contributed by atoms with Gasteiger partial charge in [0, 0.05) is 7.11 Å². The monoisotopic (exact) mass is 196 g/mol. The molecule has 0 amide bonds. The third-order valence-corrected chi connectivity index (χ3v) is 2.83. The number of nitrogens with zero attached hydrogens (tertiary/aromatic N) is 3. The maximum atomic E-state index is 5.48. The van der Waals surface area contributed by atoms with E-state index in [4.69, 9.17) is 10.5 Å². The van der Waals surface area contributed by atoms with E-state index in [9.17, 15) is 0 Å². The lowest BCUT2D eigenvalue weighted by molar-refractivity contribution is 0.0508. The molecule has 1 fully saturated rings. The fourth-order valence-electron chi connectivity index (χ4n) is 2.04. The van der Waals surface area contributed by atoms with E-state index in [1.54, 1.807) is 13.4 Å². The molecule has 1 aromatic rings. The lowest BCUT2D eigenvalue weighted by atomic mass is 9.93. The lowest BCUT2D eigenvalue weighted by Crippen LogP contribution is -2.24. The standard InChI is InChI=1S/C9H16N4O/c1-14-8-4-2-3-7(5-8)13-6-11-9(10)12-13/h6-8H,2-5H2,1H3,(H2,10,12). The van der Waals surface area contributed by atoms with Crippen molar-refractivity contribution in [3.05, 3.63) is 6.33 Å². The number of rotatable bonds is 2. The van der Waals surface area contributed by atoms with Gasteiger partial charge in [0.2, 0.25) is 5.95 Å². The van der Waals surface area contributed by atoms with Crippen molar-refractivity contribution >= 4 is 5.95 Å². The zero-order valence-electron chi connectivity index (χ0n) is 8.39. The normalized spacial score (nSPS) is 27.8. The van der Waals surface area contributed by atoms with Crippen molar-refractivity contribution in [2.45, 2.75) is 37.8 Å². The summed E-state index contributed by atoms with van der Waals surface area (Å²) in [6.07, 6.45) is 6.55. The Balaban J connectivity index is 2.04. The lowest BCUT2D eigenvalue weighted by Gasteiger charge is -2.27. The maximum Gasteiger partial charge on any atom is 0.239 e. The Hall–Kier alpha value is -1.10. The number of hydrogen-bond donors (Lipinski definition) is 1. The van der Waals surface area contributed by atoms with Gasteiger partial charge < -0.3 is 10.5 Å². The number of anilines is 1. The average molecular weight is 196 g/mol. The first kappa shape index (κ1) is 9.45. The molecule has 14 heavy (non-hydrogen) atoms. The van der Waals surface area contributed by atoms with Crippen LogP contribution in [0.5, 0.6) is 0 Å². The molecule has 1 saturated carbocycles. The molecule has 1 heterocycles. The molecule has 0 radical (unpaired) electrons. The van der Waals surface area contributed by atoms with Gasteiger partial charge in [-0.15, -0.1) is 5.10 Å². The minimum Gasteiger partial charge on any atom is -0.381 e. The molecule has 2 rings (SSSR count). The van der Waals surface area contributed by atoms with Gasteiger partial charge in [-0.25, -0.2) is 9.67 Å². The van der Waals surface area contributed by atoms with Gasteiger partial charge in [-0.05, 0) is 25.7 Å². The highest BCUT2D eigenvalue weighted by Gasteiger charge is 2.23. The van der Waals surface area contributed by atoms with Gasteiger partial charge in [0.1, 0.15) is 6.33 Å². The summed E-state index contributed by atoms with van der Waals surface area (Å²) < 4.78 is 7.22. The van der Waals surface area contributed by atoms with Gasteiger partial charge in [-0.3, -0.25) is 0 Å². The van der Waals surface area contributed by atoms with E-state index < -0.39 is 0 Å². The van der Waals surface area contributed by atoms with Crippen molar-refractivity contribution in [3.63, 3.8) is 0 Å². The van der Waals surface area contributed by atoms with E-state index in [-0.39, 0.29) is 0 Å². The fraction of sp³-hybridized carbons (Fsp3) is 0.778. The Bertz CT molecular complexity index is 299. The summed E-state index contributed by atoms with van der Waals surface area (Å²) in [6, 6.07) is 0.401. The summed E-state index contributed by atoms with van der Waals surface area (Å²) >= 11 is 0. The van der Waals surface area contributed by atoms with Crippen LogP contribution in [0.3, 0.4) is 0 Å². The summed E-state index contributed by atoms with van der Waals surface area (Å²) in [5.41, 5.74) is 5.48. The second-order valence-corrected chi connectivity index (χ2v) is 3.76. The van der Waals surface area contributed by atoms with Crippen molar-refractivity contribution in [3.8, 4) is 0 Å². The first-order valence-corrected chi connectivity index (χ1v) is 4.99. The first-order valence-electron chi connectivity index (χ1n) is 4.99. The molecule has 5 heteroatoms. The van der Waals surface area contributed by atoms with Crippen LogP contribution >= 0.6 is 0 Å². The molecule has 1 aromatic heterocycles. The predicted molar refractivity (Wildman–Crippen MR) is 52.7 cm³/mol. The third kappa shape index (κ3) is 1.87. The van der Waals surface area contributed by atoms with E-state index >= 15 is 0 Å². The Morgan fingerprint density at radius 2 is 2.43 bits per heavy atom. The minimum absolute atomic E-state index is 0.351. The average Bonchev–Trinajstić information content (AvgIpc) is 2.65. The number of ether oxygens (including phenoxy) is 1. The smallest absolute Gasteiger partial charge is 0.239 e. The van der Waals surface area contributed by atoms with Gasteiger partial charge in [0.15, 0.2) is 0 Å². The van der Waals surface area contributed by atoms with E-state index in [0.717, 1.165) is 19.3 Å². The Morgan fingerprint density at radius 1 is 1.57 bits per heavy atom. The number of nitrogen functional groups attached to an aromatic ring is 1. The number of aromatic nitrogens is 3. The molecule has 2 atom stereocenters. The van der Waals surface area contributed by atoms with E-state index in [1.807, 2.05) is 4.68 Å². The van der Waals surface area contributed by atoms with Crippen LogP contribution < -0.4 is 5.73 Å². The Kier molecular flexibility index (Phi) is 2.67. The quantitative estimate of drug-likeness (QED) is 0.766. The van der Waals surface area contributed by atoms with Crippen molar-refractivity contribution in [1.82, 2.24) is 14.8 Å². The van der Waals surface area contributed by atoms with Crippen LogP contribution in [0.25, 0.3) is 0 Å². The van der Waals surface area contributed by atoms with Crippen molar-refractivity contribution < 1.29 is 4.74 Å². The van der Waals surface area contributed by atoms with Crippen LogP contribution in [0, 0.1) is 0 Å². The van der Waals surface area contributed by atoms with Crippen LogP contribution in [-0.2, 0) is 4.74 Å². The highest BCUT2D eigenvalue weighted by molar-refractivity contribution is 5.09. The number of methoxy groups -OCH3 is 1. The summed E-state index contributed by atoms with van der Waals surface area (Å²) in [5, 5.41) is 4.13. The van der Waals surface area contributed by atoms with E-state index in [1.165, 1.54) is 6.42 Å². The third-order valence-electron chi connectivity index (χ3n) is 2.83. The summed E-state index contributed by atoms with van der Waals surface area (Å²) in [4.78, 5) is 3.93. The highest BCUT2D eigenvalue weighted by atomic mass is 16.5. The molecule has 0 aliphatic heterocycles. The molecular formula is C9H16N4O. The fourth-order valence-corrected chi connectivity index (χ4v) is 2.04. The van der Waals surface area contributed by atoms with Crippen LogP contribution in [0.15, 0.2) is 6.33 Å². The summed E-state index contributed by atoms with van der Waals surface area (Å²) in [7, 11) is 1.77. The molecule has 1 aliphatic rings. The first-order chi connectivity index (χ1) is 6.79. The van der Waals surface area contributed by atoms with Gasteiger partial charge >= 0.3 is 0 Å². The van der Waals surface area contributed by atoms with Gasteiger partial charge in [0.05, 0.1) is 12.1 Å². The van der Waals surface area contributed by atoms with Crippen molar-refractivity contribution in [2.75, 3.05) is 12.8 Å². The molecule has 0 spiro atoms. The number of nitrogens with two attached hydrogens (primary N) is 1. The molecule has 78 valence electrons. The molecule has 2 unspecified atom stereocenters. The molecular weight excluding hydrogens is 180 g/mol. The maximum absolute atomic E-state index is 5.48. The largest absolute Gasteiger partial charge is 0.381 e. The van der Waals surface area contributed by atoms with Crippen LogP contribution in [0.2, 0.25) is 0 Å². The van der Waals surface area contributed by atoms with E-state index in [2.05, 4.69) is 10.1 Å². The topological polar surface area (TPSA) is 66.0 Å². The Morgan fingerprint density at radius 3 is 3.07 bits per heavy atom. The summed E-state index contributed by atoms with van der Waals surface area (Å²) in [5.74, 6) is 0.351. The second-order valence-electron chi connectivity index (χ2n) is 3.76. The molecule has 0 bridgehead atoms. The van der Waals surface area contributed by atoms with E-state index in [0.29, 0.717) is 18.1 Å². The molecule has 1 aliphatic carbocycles. The Labute approximate surface area is 83.3 Å². The van der Waals surface area contributed by atoms with Gasteiger partial charge in [-0.1, -0.05) is 0 Å². The van der Waals surface area contributed by atoms with Gasteiger partial charge in [-0.2, -0.15) is 0 Å². The zero-order chi connectivity index (χ0) is 9.97. The molecule has 5 nitrogen and oxygen atoms in total. The predicted octanol–water partition coefficient (Wildman–Crippen LogP) is 0.990. The molecule has 0 aromatic carbocycles. The van der Waals surface area contributed by atoms with Gasteiger partial charge in [0.25, 0.3) is 0 Å². The molecule has 0 saturated heterocycles. The SMILES string of the molecule is COC1CCCC(n2cnc(N)n2)C1. The van der Waals surface area contributed by atoms with Crippen LogP contribution in [0.1, 0.15) is 31.7 Å². The summed E-state index contributed by atoms with van der Waals surface area (Å²) in [6.45, 7) is 0. The van der Waals surface area contributed by atoms with Crippen LogP contribution in [0.4, 0.5) is 5.95 Å². The zero-order valence-corrected chi connectivity index (χ0v) is 8.39. The highest BCUT2D eigenvalue weighted by Crippen LogP contribution is 2.29. The van der Waals surface area contributed by atoms with Crippen molar-refractivity contribution in [1.29, 1.82) is 0 Å². The van der Waals surface area contributed by atoms with Crippen LogP contribution in [-0.4, -0.2) is 28.0 Å².